The molecule has 0 aliphatic carbocycles. The molecule has 3 heterocycles. The van der Waals surface area contributed by atoms with Crippen molar-refractivity contribution in [1.82, 2.24) is 25.7 Å². The maximum atomic E-state index is 13.6. The molecule has 2 aliphatic rings. The van der Waals surface area contributed by atoms with Crippen LogP contribution in [0.4, 0.5) is 5.13 Å². The minimum atomic E-state index is -4.55. The number of carbonyl (C=O) groups is 5. The number of hydrogen-bond acceptors (Lipinski definition) is 13. The number of aromatic hydroxyl groups is 1. The van der Waals surface area contributed by atoms with Crippen LogP contribution in [0.5, 0.6) is 5.75 Å². The molecule has 0 spiro atoms. The number of benzene rings is 2. The maximum absolute atomic E-state index is 13.6. The molecule has 0 saturated carbocycles. The molecule has 1 saturated heterocycles. The van der Waals surface area contributed by atoms with Gasteiger partial charge in [0.25, 0.3) is 21.9 Å². The van der Waals surface area contributed by atoms with Crippen molar-refractivity contribution in [2.24, 2.45) is 0 Å². The molecule has 1 unspecified atom stereocenters. The quantitative estimate of drug-likeness (QED) is 0.0668. The van der Waals surface area contributed by atoms with Crippen molar-refractivity contribution >= 4 is 103 Å². The topological polar surface area (TPSA) is 245 Å². The molecule has 5 rings (SSSR count). The Bertz CT molecular complexity index is 2000. The first-order chi connectivity index (χ1) is 23.1. The highest BCUT2D eigenvalue weighted by atomic mass is 35.5. The fourth-order valence-electron chi connectivity index (χ4n) is 4.71. The largest absolute Gasteiger partial charge is 0.506 e. The molecule has 16 nitrogen and oxygen atoms in total. The van der Waals surface area contributed by atoms with Gasteiger partial charge in [0.15, 0.2) is 10.1 Å². The molecule has 1 aromatic heterocycles. The van der Waals surface area contributed by atoms with E-state index in [1.165, 1.54) is 23.9 Å². The van der Waals surface area contributed by atoms with Gasteiger partial charge in [0.2, 0.25) is 16.9 Å². The summed E-state index contributed by atoms with van der Waals surface area (Å²) < 4.78 is 30.9. The number of amides is 4. The number of anilines is 1. The summed E-state index contributed by atoms with van der Waals surface area (Å²) in [6, 6.07) is 8.06. The monoisotopic (exact) mass is 788 g/mol. The average molecular weight is 790 g/mol. The van der Waals surface area contributed by atoms with E-state index in [0.29, 0.717) is 15.5 Å². The molecule has 49 heavy (non-hydrogen) atoms. The highest BCUT2D eigenvalue weighted by Crippen LogP contribution is 2.42. The molecule has 2 aliphatic heterocycles. The number of carbonyl (C=O) groups excluding carboxylic acids is 4. The summed E-state index contributed by atoms with van der Waals surface area (Å²) in [6.07, 6.45) is 0. The van der Waals surface area contributed by atoms with Crippen molar-refractivity contribution in [2.75, 3.05) is 22.6 Å². The highest BCUT2D eigenvalue weighted by Gasteiger charge is 2.54. The summed E-state index contributed by atoms with van der Waals surface area (Å²) in [5.41, 5.74) is 0.176. The number of nitrogens with one attached hydrogen (secondary N) is 3. The third-order valence-electron chi connectivity index (χ3n) is 6.83. The number of halogens is 2. The second kappa shape index (κ2) is 14.9. The van der Waals surface area contributed by atoms with Gasteiger partial charge in [-0.15, -0.1) is 22.0 Å². The van der Waals surface area contributed by atoms with E-state index in [1.54, 1.807) is 30.3 Å². The molecule has 22 heteroatoms. The van der Waals surface area contributed by atoms with Gasteiger partial charge >= 0.3 is 5.97 Å². The second-order valence-corrected chi connectivity index (χ2v) is 15.8. The van der Waals surface area contributed by atoms with Crippen molar-refractivity contribution in [2.45, 2.75) is 21.8 Å². The van der Waals surface area contributed by atoms with Gasteiger partial charge in [0, 0.05) is 16.5 Å². The molecule has 0 radical (unpaired) electrons. The number of hydrogen-bond donors (Lipinski definition) is 6. The number of nitrogens with zero attached hydrogens (tertiary/aromatic N) is 3. The number of carboxylic acids is 1. The van der Waals surface area contributed by atoms with Crippen molar-refractivity contribution in [3.05, 3.63) is 74.9 Å². The Morgan fingerprint density at radius 2 is 1.84 bits per heavy atom. The Hall–Kier alpha value is -3.92. The number of rotatable bonds is 12. The van der Waals surface area contributed by atoms with E-state index in [1.807, 2.05) is 0 Å². The molecule has 0 bridgehead atoms. The minimum Gasteiger partial charge on any atom is -0.506 e. The average Bonchev–Trinajstić information content (AvgIpc) is 3.48. The summed E-state index contributed by atoms with van der Waals surface area (Å²) in [5, 5.41) is 34.4. The number of aromatic nitrogens is 2. The first kappa shape index (κ1) is 36.4. The van der Waals surface area contributed by atoms with E-state index < -0.39 is 68.7 Å². The van der Waals surface area contributed by atoms with E-state index in [-0.39, 0.29) is 37.9 Å². The van der Waals surface area contributed by atoms with Gasteiger partial charge in [-0.2, -0.15) is 8.42 Å². The zero-order valence-electron chi connectivity index (χ0n) is 24.3. The van der Waals surface area contributed by atoms with Gasteiger partial charge in [0.1, 0.15) is 28.9 Å². The van der Waals surface area contributed by atoms with Gasteiger partial charge in [-0.1, -0.05) is 76.6 Å². The van der Waals surface area contributed by atoms with Gasteiger partial charge < -0.3 is 20.8 Å². The lowest BCUT2D eigenvalue weighted by Crippen LogP contribution is -2.71. The first-order valence-corrected chi connectivity index (χ1v) is 18.8. The van der Waals surface area contributed by atoms with Gasteiger partial charge in [-0.3, -0.25) is 33.9 Å². The van der Waals surface area contributed by atoms with Crippen LogP contribution >= 0.6 is 58.1 Å². The SMILES string of the molecule is O=C(CS(=O)(=O)O)Nc1nnc(SCC2=C(C(=O)O)N3C(=O)C(NC(=O)[C@@H](NC(=O)c4cc(Cl)cc(Cl)c4O)c4ccccc4)[C@@H]3SC2)s1. The van der Waals surface area contributed by atoms with Crippen molar-refractivity contribution < 1.29 is 47.2 Å². The predicted octanol–water partition coefficient (Wildman–Crippen LogP) is 2.38. The minimum absolute atomic E-state index is 0.0451. The third kappa shape index (κ3) is 8.46. The summed E-state index contributed by atoms with van der Waals surface area (Å²) in [4.78, 5) is 65.2. The second-order valence-electron chi connectivity index (χ2n) is 10.2. The fraction of sp³-hybridized carbons (Fsp3) is 0.222. The van der Waals surface area contributed by atoms with Crippen LogP contribution in [-0.4, -0.2) is 96.6 Å². The standard InChI is InChI=1S/C27H22Cl2N6O10S4/c28-13-6-14(20(37)15(29)7-13)21(38)31-17(11-4-2-1-3-5-11)22(39)32-18-23(40)35-19(25(41)42)12(8-46-24(18)35)9-47-27-34-33-26(48-27)30-16(36)10-49(43,44)45/h1-7,17-18,24,37H,8-10H2,(H,31,38)(H,32,39)(H,41,42)(H,30,33,36)(H,43,44,45)/t17-,18?,24-/m0/s1. The van der Waals surface area contributed by atoms with Crippen LogP contribution in [-0.2, 0) is 29.3 Å². The Morgan fingerprint density at radius 3 is 2.51 bits per heavy atom. The Balaban J connectivity index is 1.28. The van der Waals surface area contributed by atoms with Crippen LogP contribution in [0.15, 0.2) is 58.1 Å². The fourth-order valence-corrected chi connectivity index (χ4v) is 8.86. The molecule has 1 fully saturated rings. The van der Waals surface area contributed by atoms with Crippen LogP contribution in [0.2, 0.25) is 10.0 Å². The molecule has 4 amide bonds. The van der Waals surface area contributed by atoms with Crippen molar-refractivity contribution in [3.63, 3.8) is 0 Å². The van der Waals surface area contributed by atoms with Crippen LogP contribution < -0.4 is 16.0 Å². The zero-order chi connectivity index (χ0) is 35.6. The summed E-state index contributed by atoms with van der Waals surface area (Å²) in [5.74, 6) is -6.22. The lowest BCUT2D eigenvalue weighted by atomic mass is 10.0. The van der Waals surface area contributed by atoms with Crippen LogP contribution in [0.3, 0.4) is 0 Å². The van der Waals surface area contributed by atoms with Gasteiger partial charge in [0.05, 0.1) is 10.6 Å². The normalized spacial score (nSPS) is 17.9. The van der Waals surface area contributed by atoms with E-state index >= 15 is 0 Å². The number of β-lactam (4-membered cyclic amide) rings is 1. The smallest absolute Gasteiger partial charge is 0.352 e. The number of carboxylic acid groups (broad SMARTS) is 1. The number of aliphatic carboxylic acids is 1. The summed E-state index contributed by atoms with van der Waals surface area (Å²) in [6.45, 7) is 0. The number of fused-ring (bicyclic) bond motifs is 1. The highest BCUT2D eigenvalue weighted by molar-refractivity contribution is 8.02. The zero-order valence-corrected chi connectivity index (χ0v) is 29.1. The first-order valence-electron chi connectivity index (χ1n) is 13.6. The molecular weight excluding hydrogens is 768 g/mol. The summed E-state index contributed by atoms with van der Waals surface area (Å²) in [7, 11) is -4.55. The van der Waals surface area contributed by atoms with Gasteiger partial charge in [-0.25, -0.2) is 4.79 Å². The molecule has 258 valence electrons. The van der Waals surface area contributed by atoms with Crippen molar-refractivity contribution in [1.29, 1.82) is 0 Å². The molecule has 2 aromatic carbocycles. The lowest BCUT2D eigenvalue weighted by Gasteiger charge is -2.49. The van der Waals surface area contributed by atoms with Crippen LogP contribution in [0.1, 0.15) is 22.0 Å². The van der Waals surface area contributed by atoms with Crippen LogP contribution in [0.25, 0.3) is 0 Å². The van der Waals surface area contributed by atoms with E-state index in [0.717, 1.165) is 28.0 Å². The van der Waals surface area contributed by atoms with E-state index in [2.05, 4.69) is 26.1 Å². The van der Waals surface area contributed by atoms with E-state index in [9.17, 15) is 42.6 Å². The van der Waals surface area contributed by atoms with Gasteiger partial charge in [-0.05, 0) is 23.3 Å². The lowest BCUT2D eigenvalue weighted by molar-refractivity contribution is -0.151. The molecule has 6 N–H and O–H groups in total. The summed E-state index contributed by atoms with van der Waals surface area (Å²) >= 11 is 15.1. The number of thioether (sulfide) groups is 2. The van der Waals surface area contributed by atoms with E-state index in [4.69, 9.17) is 27.8 Å². The molecule has 3 aromatic rings. The number of phenols is 1. The third-order valence-corrected chi connectivity index (χ3v) is 11.4. The molecular formula is C27H22Cl2N6O10S4. The Labute approximate surface area is 299 Å². The van der Waals surface area contributed by atoms with Crippen molar-refractivity contribution in [3.8, 4) is 5.75 Å². The Morgan fingerprint density at radius 1 is 1.12 bits per heavy atom. The maximum Gasteiger partial charge on any atom is 0.352 e. The molecule has 3 atom stereocenters. The number of phenolic OH excluding ortho intramolecular Hbond substituents is 1. The predicted molar refractivity (Wildman–Crippen MR) is 180 cm³/mol. The Kier molecular flexibility index (Phi) is 11.1. The van der Waals surface area contributed by atoms with Crippen LogP contribution in [0, 0.1) is 0 Å².